The van der Waals surface area contributed by atoms with Gasteiger partial charge in [0.2, 0.25) is 26.0 Å². The summed E-state index contributed by atoms with van der Waals surface area (Å²) in [5.41, 5.74) is 0.644. The number of halogens is 1. The highest BCUT2D eigenvalue weighted by Crippen LogP contribution is 2.22. The molecule has 0 spiro atoms. The highest BCUT2D eigenvalue weighted by atomic mass is 35.5. The molecule has 0 bridgehead atoms. The highest BCUT2D eigenvalue weighted by Gasteiger charge is 2.32. The molecule has 0 aromatic heterocycles. The van der Waals surface area contributed by atoms with Crippen molar-refractivity contribution in [2.75, 3.05) is 40.3 Å². The van der Waals surface area contributed by atoms with Crippen LogP contribution in [0.3, 0.4) is 0 Å². The Morgan fingerprint density at radius 2 is 1.74 bits per heavy atom. The first-order chi connectivity index (χ1) is 16.5. The molecule has 1 saturated heterocycles. The molecular formula is C23H30ClN3O6S2. The van der Waals surface area contributed by atoms with Crippen molar-refractivity contribution in [2.24, 2.45) is 5.92 Å². The van der Waals surface area contributed by atoms with Gasteiger partial charge < -0.3 is 10.1 Å². The second kappa shape index (κ2) is 11.7. The summed E-state index contributed by atoms with van der Waals surface area (Å²) in [7, 11) is -4.14. The van der Waals surface area contributed by atoms with Crippen LogP contribution in [0.2, 0.25) is 5.02 Å². The van der Waals surface area contributed by atoms with Gasteiger partial charge in [0.25, 0.3) is 0 Å². The van der Waals surface area contributed by atoms with Gasteiger partial charge in [0.05, 0.1) is 23.1 Å². The number of sulfonamides is 2. The van der Waals surface area contributed by atoms with Crippen molar-refractivity contribution in [3.8, 4) is 5.75 Å². The van der Waals surface area contributed by atoms with Gasteiger partial charge in [-0.3, -0.25) is 4.79 Å². The van der Waals surface area contributed by atoms with Crippen molar-refractivity contribution in [3.05, 3.63) is 59.1 Å². The molecule has 12 heteroatoms. The van der Waals surface area contributed by atoms with Gasteiger partial charge in [0, 0.05) is 32.2 Å². The van der Waals surface area contributed by atoms with E-state index in [9.17, 15) is 21.6 Å². The Labute approximate surface area is 212 Å². The Morgan fingerprint density at radius 3 is 2.37 bits per heavy atom. The molecule has 1 aliphatic heterocycles. The first-order valence-corrected chi connectivity index (χ1v) is 14.6. The summed E-state index contributed by atoms with van der Waals surface area (Å²) in [6, 6.07) is 12.7. The average molecular weight is 544 g/mol. The molecule has 1 atom stereocenters. The lowest BCUT2D eigenvalue weighted by atomic mass is 9.99. The van der Waals surface area contributed by atoms with E-state index in [2.05, 4.69) is 5.32 Å². The Hall–Kier alpha value is -2.18. The first-order valence-electron chi connectivity index (χ1n) is 11.1. The summed E-state index contributed by atoms with van der Waals surface area (Å²) in [4.78, 5) is 12.8. The van der Waals surface area contributed by atoms with E-state index in [1.54, 1.807) is 36.4 Å². The largest absolute Gasteiger partial charge is 0.492 e. The second-order valence-corrected chi connectivity index (χ2v) is 13.0. The molecule has 0 unspecified atom stereocenters. The van der Waals surface area contributed by atoms with Crippen molar-refractivity contribution in [1.82, 2.24) is 13.9 Å². The van der Waals surface area contributed by atoms with Crippen LogP contribution < -0.4 is 10.1 Å². The smallest absolute Gasteiger partial charge is 0.242 e. The van der Waals surface area contributed by atoms with E-state index < -0.39 is 26.0 Å². The van der Waals surface area contributed by atoms with Crippen molar-refractivity contribution >= 4 is 37.6 Å². The van der Waals surface area contributed by atoms with Gasteiger partial charge in [-0.2, -0.15) is 0 Å². The first kappa shape index (κ1) is 27.4. The van der Waals surface area contributed by atoms with Gasteiger partial charge in [0.15, 0.2) is 0 Å². The quantitative estimate of drug-likeness (QED) is 0.460. The number of hydrogen-bond acceptors (Lipinski definition) is 6. The van der Waals surface area contributed by atoms with Crippen LogP contribution in [-0.2, 0) is 30.6 Å². The molecule has 1 amide bonds. The zero-order valence-corrected chi connectivity index (χ0v) is 22.1. The third kappa shape index (κ3) is 7.40. The van der Waals surface area contributed by atoms with E-state index in [1.807, 2.05) is 0 Å². The predicted molar refractivity (Wildman–Crippen MR) is 134 cm³/mol. The molecule has 1 N–H and O–H groups in total. The number of carbonyl (C=O) groups is 1. The fourth-order valence-corrected chi connectivity index (χ4v) is 6.34. The number of ether oxygens (including phenoxy) is 1. The van der Waals surface area contributed by atoms with Gasteiger partial charge in [0.1, 0.15) is 12.4 Å². The minimum Gasteiger partial charge on any atom is -0.492 e. The van der Waals surface area contributed by atoms with Crippen LogP contribution in [0.5, 0.6) is 5.75 Å². The van der Waals surface area contributed by atoms with Crippen LogP contribution >= 0.6 is 11.6 Å². The molecule has 35 heavy (non-hydrogen) atoms. The number of nitrogens with one attached hydrogen (secondary N) is 1. The summed E-state index contributed by atoms with van der Waals surface area (Å²) >= 11 is 5.87. The number of benzene rings is 2. The molecule has 2 aromatic rings. The van der Waals surface area contributed by atoms with Crippen molar-refractivity contribution < 1.29 is 26.4 Å². The van der Waals surface area contributed by atoms with Crippen molar-refractivity contribution in [2.45, 2.75) is 23.5 Å². The Morgan fingerprint density at radius 1 is 1.09 bits per heavy atom. The topological polar surface area (TPSA) is 113 Å². The van der Waals surface area contributed by atoms with Gasteiger partial charge >= 0.3 is 0 Å². The molecule has 0 aliphatic carbocycles. The SMILES string of the molecule is CN(C)S(=O)(=O)c1ccc(OCCNC(=O)[C@@H]2CCCN(S(=O)(=O)Cc3ccc(Cl)cc3)C2)cc1. The van der Waals surface area contributed by atoms with E-state index in [0.717, 1.165) is 4.31 Å². The lowest BCUT2D eigenvalue weighted by Crippen LogP contribution is -2.46. The van der Waals surface area contributed by atoms with Crippen molar-refractivity contribution in [1.29, 1.82) is 0 Å². The number of rotatable bonds is 10. The van der Waals surface area contributed by atoms with Gasteiger partial charge in [-0.25, -0.2) is 25.4 Å². The zero-order chi connectivity index (χ0) is 25.6. The van der Waals surface area contributed by atoms with Crippen LogP contribution in [0.4, 0.5) is 0 Å². The summed E-state index contributed by atoms with van der Waals surface area (Å²) in [6.45, 7) is 0.966. The lowest BCUT2D eigenvalue weighted by molar-refractivity contribution is -0.126. The lowest BCUT2D eigenvalue weighted by Gasteiger charge is -2.31. The monoisotopic (exact) mass is 543 g/mol. The standard InChI is InChI=1S/C23H30ClN3O6S2/c1-26(2)35(31,32)22-11-9-21(10-12-22)33-15-13-25-23(28)19-4-3-14-27(16-19)34(29,30)17-18-5-7-20(24)8-6-18/h5-12,19H,3-4,13-17H2,1-2H3,(H,25,28)/t19-/m1/s1. The zero-order valence-electron chi connectivity index (χ0n) is 19.7. The van der Waals surface area contributed by atoms with Crippen LogP contribution in [0.15, 0.2) is 53.4 Å². The van der Waals surface area contributed by atoms with Crippen LogP contribution in [-0.4, -0.2) is 71.7 Å². The maximum absolute atomic E-state index is 12.8. The highest BCUT2D eigenvalue weighted by molar-refractivity contribution is 7.89. The van der Waals surface area contributed by atoms with Gasteiger partial charge in [-0.15, -0.1) is 0 Å². The molecule has 3 rings (SSSR count). The molecule has 192 valence electrons. The van der Waals surface area contributed by atoms with E-state index in [1.165, 1.54) is 30.5 Å². The van der Waals surface area contributed by atoms with Gasteiger partial charge in [-0.05, 0) is 54.8 Å². The summed E-state index contributed by atoms with van der Waals surface area (Å²) in [5.74, 6) is -0.304. The van der Waals surface area contributed by atoms with E-state index in [0.29, 0.717) is 35.7 Å². The minimum absolute atomic E-state index is 0.138. The molecule has 0 saturated carbocycles. The molecule has 1 aliphatic rings. The number of hydrogen-bond donors (Lipinski definition) is 1. The van der Waals surface area contributed by atoms with Gasteiger partial charge in [-0.1, -0.05) is 23.7 Å². The Bertz CT molecular complexity index is 1220. The fourth-order valence-electron chi connectivity index (χ4n) is 3.70. The average Bonchev–Trinajstić information content (AvgIpc) is 2.83. The molecule has 9 nitrogen and oxygen atoms in total. The van der Waals surface area contributed by atoms with E-state index >= 15 is 0 Å². The maximum Gasteiger partial charge on any atom is 0.242 e. The summed E-state index contributed by atoms with van der Waals surface area (Å²) in [5, 5.41) is 3.34. The predicted octanol–water partition coefficient (Wildman–Crippen LogP) is 2.33. The fraction of sp³-hybridized carbons (Fsp3) is 0.435. The summed E-state index contributed by atoms with van der Waals surface area (Å²) < 4.78 is 58.0. The van der Waals surface area contributed by atoms with Crippen LogP contribution in [0.25, 0.3) is 0 Å². The molecule has 1 fully saturated rings. The third-order valence-electron chi connectivity index (χ3n) is 5.68. The van der Waals surface area contributed by atoms with Crippen LogP contribution in [0.1, 0.15) is 18.4 Å². The Kier molecular flexibility index (Phi) is 9.16. The maximum atomic E-state index is 12.8. The number of nitrogens with zero attached hydrogens (tertiary/aromatic N) is 2. The van der Waals surface area contributed by atoms with Crippen molar-refractivity contribution in [3.63, 3.8) is 0 Å². The van der Waals surface area contributed by atoms with E-state index in [4.69, 9.17) is 16.3 Å². The number of carbonyl (C=O) groups excluding carboxylic acids is 1. The third-order valence-corrected chi connectivity index (χ3v) is 9.58. The molecule has 0 radical (unpaired) electrons. The summed E-state index contributed by atoms with van der Waals surface area (Å²) in [6.07, 6.45) is 1.22. The normalized spacial score (nSPS) is 17.3. The van der Waals surface area contributed by atoms with Crippen LogP contribution in [0, 0.1) is 5.92 Å². The molecule has 2 aromatic carbocycles. The second-order valence-electron chi connectivity index (χ2n) is 8.48. The number of piperidine rings is 1. The van der Waals surface area contributed by atoms with E-state index in [-0.39, 0.29) is 36.3 Å². The number of amides is 1. The minimum atomic E-state index is -3.56. The molecular weight excluding hydrogens is 514 g/mol. The molecule has 1 heterocycles. The Balaban J connectivity index is 1.46.